The molecule has 0 spiro atoms. The van der Waals surface area contributed by atoms with E-state index in [-0.39, 0.29) is 17.1 Å². The molecule has 2 heteroatoms. The molecule has 2 nitrogen and oxygen atoms in total. The molecule has 18 heavy (non-hydrogen) atoms. The zero-order valence-electron chi connectivity index (χ0n) is 12.0. The number of hydrogen-bond acceptors (Lipinski definition) is 2. The Morgan fingerprint density at radius 1 is 1.06 bits per heavy atom. The summed E-state index contributed by atoms with van der Waals surface area (Å²) >= 11 is 0. The summed E-state index contributed by atoms with van der Waals surface area (Å²) in [6.07, 6.45) is 2.26. The summed E-state index contributed by atoms with van der Waals surface area (Å²) in [6.45, 7) is 9.11. The van der Waals surface area contributed by atoms with Gasteiger partial charge in [-0.1, -0.05) is 30.3 Å². The summed E-state index contributed by atoms with van der Waals surface area (Å²) in [5.41, 5.74) is 8.08. The van der Waals surface area contributed by atoms with Crippen LogP contribution in [-0.2, 0) is 0 Å². The van der Waals surface area contributed by atoms with Gasteiger partial charge < -0.3 is 11.1 Å². The van der Waals surface area contributed by atoms with Crippen LogP contribution in [0.3, 0.4) is 0 Å². The van der Waals surface area contributed by atoms with Crippen LogP contribution in [0.2, 0.25) is 0 Å². The van der Waals surface area contributed by atoms with E-state index in [4.69, 9.17) is 5.73 Å². The van der Waals surface area contributed by atoms with Crippen molar-refractivity contribution in [2.45, 2.75) is 57.7 Å². The van der Waals surface area contributed by atoms with E-state index in [0.29, 0.717) is 5.92 Å². The second-order valence-corrected chi connectivity index (χ2v) is 7.00. The highest BCUT2D eigenvalue weighted by Crippen LogP contribution is 2.38. The average Bonchev–Trinajstić information content (AvgIpc) is 2.25. The molecule has 1 heterocycles. The Bertz CT molecular complexity index is 379. The number of benzene rings is 1. The first-order valence-electron chi connectivity index (χ1n) is 6.89. The van der Waals surface area contributed by atoms with Gasteiger partial charge in [0.2, 0.25) is 0 Å². The van der Waals surface area contributed by atoms with E-state index >= 15 is 0 Å². The van der Waals surface area contributed by atoms with Crippen molar-refractivity contribution in [1.29, 1.82) is 0 Å². The molecule has 0 aliphatic carbocycles. The van der Waals surface area contributed by atoms with Crippen LogP contribution in [0.1, 0.15) is 52.1 Å². The number of piperidine rings is 1. The van der Waals surface area contributed by atoms with Gasteiger partial charge in [0.15, 0.2) is 0 Å². The second kappa shape index (κ2) is 4.67. The molecular weight excluding hydrogens is 220 g/mol. The van der Waals surface area contributed by atoms with Gasteiger partial charge in [-0.3, -0.25) is 0 Å². The van der Waals surface area contributed by atoms with Crippen LogP contribution < -0.4 is 11.1 Å². The Morgan fingerprint density at radius 2 is 1.56 bits per heavy atom. The summed E-state index contributed by atoms with van der Waals surface area (Å²) in [5.74, 6) is 0.540. The lowest BCUT2D eigenvalue weighted by molar-refractivity contribution is 0.113. The van der Waals surface area contributed by atoms with E-state index in [1.807, 2.05) is 6.07 Å². The smallest absolute Gasteiger partial charge is 0.0324 e. The normalized spacial score (nSPS) is 24.7. The Morgan fingerprint density at radius 3 is 2.06 bits per heavy atom. The highest BCUT2D eigenvalue weighted by Gasteiger charge is 2.39. The molecule has 1 aromatic rings. The van der Waals surface area contributed by atoms with Gasteiger partial charge in [0.25, 0.3) is 0 Å². The molecule has 1 saturated heterocycles. The third-order valence-electron chi connectivity index (χ3n) is 3.91. The fourth-order valence-electron chi connectivity index (χ4n) is 3.60. The lowest BCUT2D eigenvalue weighted by Crippen LogP contribution is -2.59. The van der Waals surface area contributed by atoms with Crippen molar-refractivity contribution in [3.8, 4) is 0 Å². The lowest BCUT2D eigenvalue weighted by atomic mass is 9.72. The predicted molar refractivity (Wildman–Crippen MR) is 77.4 cm³/mol. The average molecular weight is 246 g/mol. The second-order valence-electron chi connectivity index (χ2n) is 7.00. The zero-order valence-corrected chi connectivity index (χ0v) is 12.0. The van der Waals surface area contributed by atoms with Crippen molar-refractivity contribution >= 4 is 0 Å². The van der Waals surface area contributed by atoms with Gasteiger partial charge in [-0.2, -0.15) is 0 Å². The number of nitrogens with two attached hydrogens (primary N) is 1. The first-order valence-corrected chi connectivity index (χ1v) is 6.89. The molecule has 2 rings (SSSR count). The first kappa shape index (κ1) is 13.6. The van der Waals surface area contributed by atoms with E-state index in [2.05, 4.69) is 57.3 Å². The van der Waals surface area contributed by atoms with Gasteiger partial charge in [-0.15, -0.1) is 0 Å². The highest BCUT2D eigenvalue weighted by molar-refractivity contribution is 5.20. The fourth-order valence-corrected chi connectivity index (χ4v) is 3.60. The van der Waals surface area contributed by atoms with E-state index in [0.717, 1.165) is 12.8 Å². The number of nitrogens with one attached hydrogen (secondary N) is 1. The van der Waals surface area contributed by atoms with E-state index < -0.39 is 0 Å². The zero-order chi connectivity index (χ0) is 13.4. The van der Waals surface area contributed by atoms with Crippen LogP contribution >= 0.6 is 0 Å². The molecular formula is C16H26N2. The molecule has 1 fully saturated rings. The summed E-state index contributed by atoms with van der Waals surface area (Å²) in [5, 5.41) is 3.71. The summed E-state index contributed by atoms with van der Waals surface area (Å²) in [6, 6.07) is 10.6. The maximum atomic E-state index is 6.48. The minimum absolute atomic E-state index is 0.145. The Hall–Kier alpha value is -0.860. The monoisotopic (exact) mass is 246 g/mol. The van der Waals surface area contributed by atoms with Gasteiger partial charge in [-0.25, -0.2) is 0 Å². The number of rotatable bonds is 2. The van der Waals surface area contributed by atoms with Crippen LogP contribution in [0.5, 0.6) is 0 Å². The molecule has 0 bridgehead atoms. The van der Waals surface area contributed by atoms with Crippen LogP contribution in [0.4, 0.5) is 0 Å². The van der Waals surface area contributed by atoms with Crippen molar-refractivity contribution < 1.29 is 0 Å². The van der Waals surface area contributed by atoms with E-state index in [1.165, 1.54) is 5.56 Å². The van der Waals surface area contributed by atoms with Crippen LogP contribution in [0, 0.1) is 5.92 Å². The number of hydrogen-bond donors (Lipinski definition) is 2. The lowest BCUT2D eigenvalue weighted by Gasteiger charge is -2.48. The first-order chi connectivity index (χ1) is 8.29. The van der Waals surface area contributed by atoms with E-state index in [9.17, 15) is 0 Å². The van der Waals surface area contributed by atoms with Crippen molar-refractivity contribution in [2.75, 3.05) is 0 Å². The minimum atomic E-state index is 0.145. The predicted octanol–water partition coefficient (Wildman–Crippen LogP) is 3.24. The molecule has 0 aromatic heterocycles. The molecule has 0 amide bonds. The van der Waals surface area contributed by atoms with Crippen molar-refractivity contribution in [3.63, 3.8) is 0 Å². The summed E-state index contributed by atoms with van der Waals surface area (Å²) in [4.78, 5) is 0. The van der Waals surface area contributed by atoms with Crippen LogP contribution in [0.15, 0.2) is 30.3 Å². The molecule has 1 aliphatic heterocycles. The van der Waals surface area contributed by atoms with Gasteiger partial charge in [-0.05, 0) is 52.0 Å². The third-order valence-corrected chi connectivity index (χ3v) is 3.91. The molecule has 1 atom stereocenters. The highest BCUT2D eigenvalue weighted by atomic mass is 15.1. The topological polar surface area (TPSA) is 38.0 Å². The van der Waals surface area contributed by atoms with Gasteiger partial charge in [0, 0.05) is 17.1 Å². The van der Waals surface area contributed by atoms with Gasteiger partial charge in [0.05, 0.1) is 0 Å². The Labute approximate surface area is 111 Å². The largest absolute Gasteiger partial charge is 0.324 e. The standard InChI is InChI=1S/C16H26N2/c1-15(2)10-13(11-16(3,4)18-15)14(17)12-8-6-5-7-9-12/h5-9,13-14,18H,10-11,17H2,1-4H3. The van der Waals surface area contributed by atoms with Crippen LogP contribution in [0.25, 0.3) is 0 Å². The van der Waals surface area contributed by atoms with Gasteiger partial charge in [0.1, 0.15) is 0 Å². The summed E-state index contributed by atoms with van der Waals surface area (Å²) < 4.78 is 0. The van der Waals surface area contributed by atoms with Gasteiger partial charge >= 0.3 is 0 Å². The van der Waals surface area contributed by atoms with Crippen molar-refractivity contribution in [1.82, 2.24) is 5.32 Å². The fraction of sp³-hybridized carbons (Fsp3) is 0.625. The molecule has 1 aliphatic rings. The van der Waals surface area contributed by atoms with Crippen molar-refractivity contribution in [3.05, 3.63) is 35.9 Å². The molecule has 100 valence electrons. The molecule has 0 saturated carbocycles. The third kappa shape index (κ3) is 3.12. The summed E-state index contributed by atoms with van der Waals surface area (Å²) in [7, 11) is 0. The van der Waals surface area contributed by atoms with Crippen LogP contribution in [-0.4, -0.2) is 11.1 Å². The molecule has 1 aromatic carbocycles. The quantitative estimate of drug-likeness (QED) is 0.840. The maximum Gasteiger partial charge on any atom is 0.0324 e. The molecule has 1 unspecified atom stereocenters. The molecule has 0 radical (unpaired) electrons. The maximum absolute atomic E-state index is 6.48. The Kier molecular flexibility index (Phi) is 3.52. The minimum Gasteiger partial charge on any atom is -0.324 e. The molecule has 3 N–H and O–H groups in total. The van der Waals surface area contributed by atoms with Crippen molar-refractivity contribution in [2.24, 2.45) is 11.7 Å². The SMILES string of the molecule is CC1(C)CC(C(N)c2ccccc2)CC(C)(C)N1. The van der Waals surface area contributed by atoms with E-state index in [1.54, 1.807) is 0 Å². The Balaban J connectivity index is 2.18.